The molecular weight excluding hydrogens is 483 g/mol. The van der Waals surface area contributed by atoms with E-state index in [1.807, 2.05) is 25.3 Å². The second-order valence-electron chi connectivity index (χ2n) is 10.2. The van der Waals surface area contributed by atoms with Crippen LogP contribution in [0.15, 0.2) is 36.7 Å². The predicted molar refractivity (Wildman–Crippen MR) is 143 cm³/mol. The summed E-state index contributed by atoms with van der Waals surface area (Å²) < 4.78 is 28.0. The van der Waals surface area contributed by atoms with Gasteiger partial charge in [0.2, 0.25) is 0 Å². The van der Waals surface area contributed by atoms with E-state index in [-0.39, 0.29) is 0 Å². The van der Waals surface area contributed by atoms with Gasteiger partial charge in [-0.1, -0.05) is 12.1 Å². The molecule has 8 nitrogen and oxygen atoms in total. The van der Waals surface area contributed by atoms with E-state index < -0.39 is 5.82 Å². The molecule has 9 heteroatoms. The standard InChI is InChI=1S/C29H33FN6O2/c1-4-37-25-13-20(24-17-35-10-8-19(24)9-11-35)6-7-21(25)16-36-27(22-12-23(30)15-31-14-22)33-26-18(3)32-29(38-5-2)34-28(26)36/h6-7,12-15,19,24H,4-5,8-11,16-17H2,1-3H3. The van der Waals surface area contributed by atoms with Gasteiger partial charge in [-0.05, 0) is 76.2 Å². The van der Waals surface area contributed by atoms with E-state index in [2.05, 4.69) is 38.1 Å². The van der Waals surface area contributed by atoms with E-state index in [0.717, 1.165) is 23.8 Å². The molecule has 1 aromatic carbocycles. The maximum absolute atomic E-state index is 14.2. The molecule has 7 rings (SSSR count). The van der Waals surface area contributed by atoms with Crippen molar-refractivity contribution in [2.24, 2.45) is 5.92 Å². The lowest BCUT2D eigenvalue weighted by molar-refractivity contribution is 0.0870. The summed E-state index contributed by atoms with van der Waals surface area (Å²) in [5, 5.41) is 0. The molecule has 0 radical (unpaired) electrons. The third-order valence-corrected chi connectivity index (χ3v) is 7.79. The van der Waals surface area contributed by atoms with E-state index in [4.69, 9.17) is 14.5 Å². The minimum absolute atomic E-state index is 0.297. The van der Waals surface area contributed by atoms with Crippen molar-refractivity contribution in [1.82, 2.24) is 29.4 Å². The molecule has 0 spiro atoms. The Morgan fingerprint density at radius 3 is 2.53 bits per heavy atom. The van der Waals surface area contributed by atoms with Crippen molar-refractivity contribution in [2.75, 3.05) is 32.8 Å². The lowest BCUT2D eigenvalue weighted by atomic mass is 9.75. The largest absolute Gasteiger partial charge is 0.494 e. The first kappa shape index (κ1) is 24.7. The molecule has 3 fully saturated rings. The van der Waals surface area contributed by atoms with Crippen LogP contribution in [0.4, 0.5) is 4.39 Å². The average Bonchev–Trinajstić information content (AvgIpc) is 3.29. The summed E-state index contributed by atoms with van der Waals surface area (Å²) in [6.07, 6.45) is 5.34. The SMILES string of the molecule is CCOc1nc(C)c2nc(-c3cncc(F)c3)n(Cc3ccc(C4CN5CCC4CC5)cc3OCC)c2n1. The highest BCUT2D eigenvalue weighted by molar-refractivity contribution is 5.79. The van der Waals surface area contributed by atoms with Crippen LogP contribution in [-0.4, -0.2) is 62.3 Å². The van der Waals surface area contributed by atoms with Crippen molar-refractivity contribution in [3.8, 4) is 23.1 Å². The van der Waals surface area contributed by atoms with Gasteiger partial charge in [-0.25, -0.2) is 9.37 Å². The van der Waals surface area contributed by atoms with Crippen LogP contribution in [0.2, 0.25) is 0 Å². The molecule has 2 bridgehead atoms. The van der Waals surface area contributed by atoms with Gasteiger partial charge >= 0.3 is 6.01 Å². The van der Waals surface area contributed by atoms with E-state index >= 15 is 0 Å². The van der Waals surface area contributed by atoms with Crippen LogP contribution in [0.3, 0.4) is 0 Å². The summed E-state index contributed by atoms with van der Waals surface area (Å²) in [7, 11) is 0. The molecule has 3 aliphatic heterocycles. The summed E-state index contributed by atoms with van der Waals surface area (Å²) in [6, 6.07) is 8.37. The fourth-order valence-electron chi connectivity index (χ4n) is 5.95. The number of piperidine rings is 3. The topological polar surface area (TPSA) is 78.2 Å². The Bertz CT molecular complexity index is 1460. The number of nitrogens with zero attached hydrogens (tertiary/aromatic N) is 6. The van der Waals surface area contributed by atoms with E-state index in [1.165, 1.54) is 43.8 Å². The zero-order valence-corrected chi connectivity index (χ0v) is 22.2. The van der Waals surface area contributed by atoms with E-state index in [9.17, 15) is 4.39 Å². The summed E-state index contributed by atoms with van der Waals surface area (Å²) in [4.78, 5) is 20.6. The van der Waals surface area contributed by atoms with E-state index in [1.54, 1.807) is 6.20 Å². The summed E-state index contributed by atoms with van der Waals surface area (Å²) in [5.74, 6) is 2.29. The maximum Gasteiger partial charge on any atom is 0.318 e. The number of rotatable bonds is 8. The second-order valence-corrected chi connectivity index (χ2v) is 10.2. The Morgan fingerprint density at radius 2 is 1.82 bits per heavy atom. The van der Waals surface area contributed by atoms with Gasteiger partial charge in [0.25, 0.3) is 0 Å². The van der Waals surface area contributed by atoms with Gasteiger partial charge in [-0.3, -0.25) is 4.98 Å². The van der Waals surface area contributed by atoms with Crippen LogP contribution >= 0.6 is 0 Å². The van der Waals surface area contributed by atoms with Gasteiger partial charge in [-0.2, -0.15) is 9.97 Å². The third-order valence-electron chi connectivity index (χ3n) is 7.79. The van der Waals surface area contributed by atoms with Crippen LogP contribution in [0.1, 0.15) is 49.4 Å². The van der Waals surface area contributed by atoms with Gasteiger partial charge in [0.15, 0.2) is 5.65 Å². The summed E-state index contributed by atoms with van der Waals surface area (Å²) in [6.45, 7) is 10.8. The molecule has 3 saturated heterocycles. The van der Waals surface area contributed by atoms with Crippen molar-refractivity contribution in [1.29, 1.82) is 0 Å². The number of hydrogen-bond acceptors (Lipinski definition) is 7. The molecule has 6 heterocycles. The van der Waals surface area contributed by atoms with Gasteiger partial charge < -0.3 is 18.9 Å². The number of aryl methyl sites for hydroxylation is 1. The number of fused-ring (bicyclic) bond motifs is 4. The molecule has 3 aromatic heterocycles. The van der Waals surface area contributed by atoms with Gasteiger partial charge in [0.1, 0.15) is 22.9 Å². The molecular formula is C29H33FN6O2. The van der Waals surface area contributed by atoms with Crippen molar-refractivity contribution < 1.29 is 13.9 Å². The first-order chi connectivity index (χ1) is 18.5. The Labute approximate surface area is 221 Å². The highest BCUT2D eigenvalue weighted by Gasteiger charge is 2.35. The monoisotopic (exact) mass is 516 g/mol. The minimum Gasteiger partial charge on any atom is -0.494 e. The van der Waals surface area contributed by atoms with Gasteiger partial charge in [0, 0.05) is 23.9 Å². The average molecular weight is 517 g/mol. The lowest BCUT2D eigenvalue weighted by Crippen LogP contribution is -2.46. The molecule has 1 unspecified atom stereocenters. The smallest absolute Gasteiger partial charge is 0.318 e. The molecule has 198 valence electrons. The number of pyridine rings is 1. The first-order valence-corrected chi connectivity index (χ1v) is 13.5. The molecule has 0 saturated carbocycles. The first-order valence-electron chi connectivity index (χ1n) is 13.5. The van der Waals surface area contributed by atoms with Crippen molar-refractivity contribution in [3.05, 3.63) is 59.3 Å². The Hall–Kier alpha value is -3.59. The van der Waals surface area contributed by atoms with Crippen LogP contribution in [0.25, 0.3) is 22.6 Å². The summed E-state index contributed by atoms with van der Waals surface area (Å²) >= 11 is 0. The zero-order valence-electron chi connectivity index (χ0n) is 22.2. The molecule has 4 aromatic rings. The number of halogens is 1. The highest BCUT2D eigenvalue weighted by atomic mass is 19.1. The zero-order chi connectivity index (χ0) is 26.2. The van der Waals surface area contributed by atoms with E-state index in [0.29, 0.717) is 59.9 Å². The molecule has 0 amide bonds. The van der Waals surface area contributed by atoms with Gasteiger partial charge in [0.05, 0.1) is 31.6 Å². The summed E-state index contributed by atoms with van der Waals surface area (Å²) in [5.41, 5.74) is 4.90. The van der Waals surface area contributed by atoms with Crippen LogP contribution in [0.5, 0.6) is 11.8 Å². The molecule has 38 heavy (non-hydrogen) atoms. The van der Waals surface area contributed by atoms with Crippen LogP contribution in [0, 0.1) is 18.7 Å². The number of ether oxygens (including phenoxy) is 2. The minimum atomic E-state index is -0.421. The number of imidazole rings is 1. The van der Waals surface area contributed by atoms with Crippen LogP contribution < -0.4 is 9.47 Å². The van der Waals surface area contributed by atoms with Gasteiger partial charge in [-0.15, -0.1) is 0 Å². The number of hydrogen-bond donors (Lipinski definition) is 0. The number of benzene rings is 1. The quantitative estimate of drug-likeness (QED) is 0.326. The second kappa shape index (κ2) is 10.3. The molecule has 3 aliphatic rings. The third kappa shape index (κ3) is 4.60. The Morgan fingerprint density at radius 1 is 1.00 bits per heavy atom. The normalized spacial score (nSPS) is 20.7. The van der Waals surface area contributed by atoms with Crippen molar-refractivity contribution >= 4 is 11.2 Å². The predicted octanol–water partition coefficient (Wildman–Crippen LogP) is 4.99. The van der Waals surface area contributed by atoms with Crippen molar-refractivity contribution in [2.45, 2.75) is 46.1 Å². The number of aromatic nitrogens is 5. The Kier molecular flexibility index (Phi) is 6.69. The lowest BCUT2D eigenvalue weighted by Gasteiger charge is -2.45. The molecule has 0 N–H and O–H groups in total. The highest BCUT2D eigenvalue weighted by Crippen LogP contribution is 2.40. The van der Waals surface area contributed by atoms with Crippen molar-refractivity contribution in [3.63, 3.8) is 0 Å². The molecule has 0 aliphatic carbocycles. The molecule has 1 atom stereocenters. The fourth-order valence-corrected chi connectivity index (χ4v) is 5.95. The fraction of sp³-hybridized carbons (Fsp3) is 0.448. The van der Waals surface area contributed by atoms with Crippen LogP contribution in [-0.2, 0) is 6.54 Å². The Balaban J connectivity index is 1.45. The maximum atomic E-state index is 14.2.